The Labute approximate surface area is 147 Å². The molecule has 1 aliphatic heterocycles. The molecule has 0 bridgehead atoms. The minimum absolute atomic E-state index is 0.0103. The number of carbonyl (C=O) groups is 2. The second-order valence-electron chi connectivity index (χ2n) is 7.11. The maximum absolute atomic E-state index is 12.6. The molecule has 6 heteroatoms. The predicted molar refractivity (Wildman–Crippen MR) is 96.1 cm³/mol. The summed E-state index contributed by atoms with van der Waals surface area (Å²) in [6, 6.07) is 4.19. The minimum Gasteiger partial charge on any atom is -0.348 e. The van der Waals surface area contributed by atoms with Crippen LogP contribution in [0.2, 0.25) is 0 Å². The molecule has 1 aromatic heterocycles. The lowest BCUT2D eigenvalue weighted by molar-refractivity contribution is -0.137. The number of nitrogens with zero attached hydrogens (tertiary/aromatic N) is 1. The summed E-state index contributed by atoms with van der Waals surface area (Å²) in [5.41, 5.74) is 6.01. The molecule has 1 aliphatic carbocycles. The number of piperidine rings is 1. The van der Waals surface area contributed by atoms with Crippen LogP contribution in [0.3, 0.4) is 0 Å². The van der Waals surface area contributed by atoms with Crippen LogP contribution in [0.5, 0.6) is 0 Å². The molecule has 3 N–H and O–H groups in total. The van der Waals surface area contributed by atoms with Crippen LogP contribution in [0, 0.1) is 12.8 Å². The van der Waals surface area contributed by atoms with Crippen LogP contribution in [-0.4, -0.2) is 41.9 Å². The predicted octanol–water partition coefficient (Wildman–Crippen LogP) is 2.29. The molecule has 0 aromatic carbocycles. The summed E-state index contributed by atoms with van der Waals surface area (Å²) in [5.74, 6) is 0.383. The highest BCUT2D eigenvalue weighted by Crippen LogP contribution is 2.26. The summed E-state index contributed by atoms with van der Waals surface area (Å²) in [6.07, 6.45) is 5.57. The summed E-state index contributed by atoms with van der Waals surface area (Å²) >= 11 is 1.52. The number of rotatable bonds is 3. The van der Waals surface area contributed by atoms with E-state index in [0.717, 1.165) is 61.4 Å². The highest BCUT2D eigenvalue weighted by Gasteiger charge is 2.31. The zero-order chi connectivity index (χ0) is 17.1. The third kappa shape index (κ3) is 4.16. The summed E-state index contributed by atoms with van der Waals surface area (Å²) in [7, 11) is 0. The summed E-state index contributed by atoms with van der Waals surface area (Å²) < 4.78 is 0. The zero-order valence-corrected chi connectivity index (χ0v) is 15.1. The molecule has 5 nitrogen and oxygen atoms in total. The van der Waals surface area contributed by atoms with Crippen LogP contribution in [0.1, 0.15) is 53.1 Å². The quantitative estimate of drug-likeness (QED) is 0.879. The fourth-order valence-corrected chi connectivity index (χ4v) is 4.54. The Balaban J connectivity index is 1.47. The molecule has 1 saturated carbocycles. The van der Waals surface area contributed by atoms with E-state index in [0.29, 0.717) is 0 Å². The maximum Gasteiger partial charge on any atom is 0.261 e. The number of amides is 2. The van der Waals surface area contributed by atoms with Crippen molar-refractivity contribution in [1.29, 1.82) is 0 Å². The number of nitrogens with two attached hydrogens (primary N) is 1. The molecule has 0 spiro atoms. The number of nitrogens with one attached hydrogen (secondary N) is 1. The van der Waals surface area contributed by atoms with E-state index in [1.807, 2.05) is 24.0 Å². The van der Waals surface area contributed by atoms with Crippen molar-refractivity contribution in [3.05, 3.63) is 21.9 Å². The molecule has 132 valence electrons. The smallest absolute Gasteiger partial charge is 0.261 e. The summed E-state index contributed by atoms with van der Waals surface area (Å²) in [5, 5.41) is 3.11. The molecule has 0 radical (unpaired) electrons. The lowest BCUT2D eigenvalue weighted by Gasteiger charge is -2.36. The van der Waals surface area contributed by atoms with E-state index in [4.69, 9.17) is 5.73 Å². The van der Waals surface area contributed by atoms with Gasteiger partial charge in [-0.2, -0.15) is 0 Å². The highest BCUT2D eigenvalue weighted by atomic mass is 32.1. The molecular formula is C18H27N3O2S. The normalized spacial score (nSPS) is 25.5. The Bertz CT molecular complexity index is 593. The van der Waals surface area contributed by atoms with Gasteiger partial charge in [-0.25, -0.2) is 0 Å². The molecule has 24 heavy (non-hydrogen) atoms. The average Bonchev–Trinajstić information content (AvgIpc) is 3.01. The second kappa shape index (κ2) is 7.66. The van der Waals surface area contributed by atoms with Crippen LogP contribution >= 0.6 is 11.3 Å². The zero-order valence-electron chi connectivity index (χ0n) is 14.3. The van der Waals surface area contributed by atoms with Gasteiger partial charge in [0.15, 0.2) is 0 Å². The third-order valence-corrected chi connectivity index (χ3v) is 6.17. The Morgan fingerprint density at radius 3 is 2.58 bits per heavy atom. The van der Waals surface area contributed by atoms with Crippen LogP contribution in [0.15, 0.2) is 12.1 Å². The number of aryl methyl sites for hydroxylation is 1. The van der Waals surface area contributed by atoms with Gasteiger partial charge in [0.2, 0.25) is 5.91 Å². The third-order valence-electron chi connectivity index (χ3n) is 5.17. The van der Waals surface area contributed by atoms with Gasteiger partial charge in [-0.3, -0.25) is 9.59 Å². The first-order valence-electron chi connectivity index (χ1n) is 8.94. The molecule has 2 amide bonds. The lowest BCUT2D eigenvalue weighted by Crippen LogP contribution is -2.49. The molecule has 3 rings (SSSR count). The van der Waals surface area contributed by atoms with Gasteiger partial charge in [0.25, 0.3) is 5.91 Å². The highest BCUT2D eigenvalue weighted by molar-refractivity contribution is 7.13. The van der Waals surface area contributed by atoms with Crippen molar-refractivity contribution >= 4 is 23.2 Å². The molecule has 2 atom stereocenters. The van der Waals surface area contributed by atoms with Crippen molar-refractivity contribution in [3.63, 3.8) is 0 Å². The van der Waals surface area contributed by atoms with Crippen molar-refractivity contribution in [2.75, 3.05) is 13.1 Å². The van der Waals surface area contributed by atoms with Gasteiger partial charge in [0.05, 0.1) is 4.88 Å². The number of likely N-dealkylation sites (tertiary alicyclic amines) is 1. The number of thiophene rings is 1. The molecular weight excluding hydrogens is 322 g/mol. The van der Waals surface area contributed by atoms with Crippen LogP contribution in [0.25, 0.3) is 0 Å². The Morgan fingerprint density at radius 2 is 1.96 bits per heavy atom. The van der Waals surface area contributed by atoms with E-state index in [9.17, 15) is 9.59 Å². The van der Waals surface area contributed by atoms with Crippen molar-refractivity contribution in [3.8, 4) is 0 Å². The van der Waals surface area contributed by atoms with Crippen molar-refractivity contribution in [2.24, 2.45) is 11.7 Å². The molecule has 2 aliphatic rings. The van der Waals surface area contributed by atoms with E-state index >= 15 is 0 Å². The number of hydrogen-bond donors (Lipinski definition) is 2. The van der Waals surface area contributed by atoms with E-state index in [1.165, 1.54) is 11.3 Å². The molecule has 2 fully saturated rings. The van der Waals surface area contributed by atoms with Gasteiger partial charge in [-0.15, -0.1) is 11.3 Å². The van der Waals surface area contributed by atoms with E-state index in [2.05, 4.69) is 5.32 Å². The first-order valence-corrected chi connectivity index (χ1v) is 9.76. The van der Waals surface area contributed by atoms with E-state index in [-0.39, 0.29) is 29.8 Å². The lowest BCUT2D eigenvalue weighted by atomic mass is 9.85. The van der Waals surface area contributed by atoms with Crippen molar-refractivity contribution in [2.45, 2.75) is 57.5 Å². The standard InChI is InChI=1S/C18H27N3O2S/c1-12-5-6-16(24-12)17(22)20-15-7-9-21(10-8-15)18(23)13-3-2-4-14(19)11-13/h5-6,13-15H,2-4,7-11,19H2,1H3,(H,20,22). The fourth-order valence-electron chi connectivity index (χ4n) is 3.77. The largest absolute Gasteiger partial charge is 0.348 e. The van der Waals surface area contributed by atoms with Crippen molar-refractivity contribution < 1.29 is 9.59 Å². The summed E-state index contributed by atoms with van der Waals surface area (Å²) in [4.78, 5) is 28.7. The Morgan fingerprint density at radius 1 is 1.21 bits per heavy atom. The monoisotopic (exact) mass is 349 g/mol. The van der Waals surface area contributed by atoms with E-state index in [1.54, 1.807) is 0 Å². The Kier molecular flexibility index (Phi) is 5.56. The van der Waals surface area contributed by atoms with Crippen LogP contribution in [-0.2, 0) is 4.79 Å². The summed E-state index contributed by atoms with van der Waals surface area (Å²) in [6.45, 7) is 3.47. The first-order chi connectivity index (χ1) is 11.5. The van der Waals surface area contributed by atoms with Crippen LogP contribution in [0.4, 0.5) is 0 Å². The van der Waals surface area contributed by atoms with Gasteiger partial charge in [-0.1, -0.05) is 6.42 Å². The van der Waals surface area contributed by atoms with Crippen molar-refractivity contribution in [1.82, 2.24) is 10.2 Å². The van der Waals surface area contributed by atoms with Gasteiger partial charge in [-0.05, 0) is 51.2 Å². The van der Waals surface area contributed by atoms with E-state index < -0.39 is 0 Å². The SMILES string of the molecule is Cc1ccc(C(=O)NC2CCN(C(=O)C3CCCC(N)C3)CC2)s1. The van der Waals surface area contributed by atoms with Gasteiger partial charge >= 0.3 is 0 Å². The maximum atomic E-state index is 12.6. The molecule has 2 unspecified atom stereocenters. The van der Waals surface area contributed by atoms with Crippen LogP contribution < -0.4 is 11.1 Å². The fraction of sp³-hybridized carbons (Fsp3) is 0.667. The first kappa shape index (κ1) is 17.4. The minimum atomic E-state index is 0.0103. The topological polar surface area (TPSA) is 75.4 Å². The van der Waals surface area contributed by atoms with Gasteiger partial charge in [0.1, 0.15) is 0 Å². The second-order valence-corrected chi connectivity index (χ2v) is 8.39. The van der Waals surface area contributed by atoms with Gasteiger partial charge < -0.3 is 16.0 Å². The average molecular weight is 350 g/mol. The van der Waals surface area contributed by atoms with Gasteiger partial charge in [0, 0.05) is 36.0 Å². The molecule has 1 saturated heterocycles. The molecule has 1 aromatic rings. The number of carbonyl (C=O) groups excluding carboxylic acids is 2. The molecule has 2 heterocycles. The Hall–Kier alpha value is -1.40. The number of hydrogen-bond acceptors (Lipinski definition) is 4.